The predicted octanol–water partition coefficient (Wildman–Crippen LogP) is 2.22. The molecule has 0 aliphatic rings. The quantitative estimate of drug-likeness (QED) is 0.719. The van der Waals surface area contributed by atoms with E-state index in [0.717, 1.165) is 17.3 Å². The molecule has 0 spiro atoms. The fraction of sp³-hybridized carbons (Fsp3) is 0.273. The summed E-state index contributed by atoms with van der Waals surface area (Å²) in [4.78, 5) is 21.8. The van der Waals surface area contributed by atoms with Crippen LogP contribution in [0.15, 0.2) is 16.6 Å². The maximum absolute atomic E-state index is 11.5. The summed E-state index contributed by atoms with van der Waals surface area (Å²) >= 11 is 4.17. The number of hydrogen-bond acceptors (Lipinski definition) is 4. The number of anilines is 1. The standard InChI is InChI=1S/C11H12BrNO4S/c1-6-2-7(12)11(17)8(3-6)13-9(14)4-18-5-10(15)16/h2-3,17H,4-5H2,1H3,(H,13,14)(H,15,16). The molecule has 1 aromatic rings. The van der Waals surface area contributed by atoms with E-state index in [1.807, 2.05) is 6.92 Å². The summed E-state index contributed by atoms with van der Waals surface area (Å²) in [6, 6.07) is 3.37. The average Bonchev–Trinajstić information content (AvgIpc) is 2.24. The number of aryl methyl sites for hydroxylation is 1. The van der Waals surface area contributed by atoms with Crippen molar-refractivity contribution in [3.8, 4) is 5.75 Å². The highest BCUT2D eigenvalue weighted by Gasteiger charge is 2.10. The number of carbonyl (C=O) groups is 2. The lowest BCUT2D eigenvalue weighted by atomic mass is 10.2. The van der Waals surface area contributed by atoms with E-state index < -0.39 is 5.97 Å². The van der Waals surface area contributed by atoms with Gasteiger partial charge in [0.25, 0.3) is 0 Å². The van der Waals surface area contributed by atoms with E-state index in [1.165, 1.54) is 0 Å². The van der Waals surface area contributed by atoms with Crippen LogP contribution in [0.3, 0.4) is 0 Å². The molecule has 0 heterocycles. The summed E-state index contributed by atoms with van der Waals surface area (Å²) < 4.78 is 0.496. The zero-order valence-electron chi connectivity index (χ0n) is 9.57. The number of carbonyl (C=O) groups excluding carboxylic acids is 1. The molecule has 1 aromatic carbocycles. The van der Waals surface area contributed by atoms with Gasteiger partial charge >= 0.3 is 5.97 Å². The highest BCUT2D eigenvalue weighted by molar-refractivity contribution is 9.10. The second-order valence-electron chi connectivity index (χ2n) is 3.58. The topological polar surface area (TPSA) is 86.6 Å². The number of amides is 1. The van der Waals surface area contributed by atoms with Crippen molar-refractivity contribution in [1.29, 1.82) is 0 Å². The number of aliphatic carboxylic acids is 1. The summed E-state index contributed by atoms with van der Waals surface area (Å²) in [5, 5.41) is 20.7. The lowest BCUT2D eigenvalue weighted by Gasteiger charge is -2.09. The Morgan fingerprint density at radius 1 is 1.39 bits per heavy atom. The number of phenolic OH excluding ortho intramolecular Hbond substituents is 1. The van der Waals surface area contributed by atoms with E-state index in [1.54, 1.807) is 12.1 Å². The van der Waals surface area contributed by atoms with E-state index in [0.29, 0.717) is 10.2 Å². The maximum Gasteiger partial charge on any atom is 0.313 e. The van der Waals surface area contributed by atoms with Gasteiger partial charge in [-0.25, -0.2) is 0 Å². The monoisotopic (exact) mass is 333 g/mol. The van der Waals surface area contributed by atoms with E-state index in [-0.39, 0.29) is 23.2 Å². The van der Waals surface area contributed by atoms with Crippen molar-refractivity contribution < 1.29 is 19.8 Å². The van der Waals surface area contributed by atoms with Crippen molar-refractivity contribution in [2.45, 2.75) is 6.92 Å². The molecule has 5 nitrogen and oxygen atoms in total. The summed E-state index contributed by atoms with van der Waals surface area (Å²) in [6.07, 6.45) is 0. The highest BCUT2D eigenvalue weighted by atomic mass is 79.9. The Balaban J connectivity index is 2.62. The van der Waals surface area contributed by atoms with Crippen molar-refractivity contribution in [3.63, 3.8) is 0 Å². The number of halogens is 1. The molecule has 0 fully saturated rings. The van der Waals surface area contributed by atoms with E-state index in [2.05, 4.69) is 21.2 Å². The van der Waals surface area contributed by atoms with Crippen LogP contribution in [0.5, 0.6) is 5.75 Å². The van der Waals surface area contributed by atoms with Crippen LogP contribution < -0.4 is 5.32 Å². The number of benzene rings is 1. The van der Waals surface area contributed by atoms with Gasteiger partial charge in [0, 0.05) is 0 Å². The SMILES string of the molecule is Cc1cc(Br)c(O)c(NC(=O)CSCC(=O)O)c1. The van der Waals surface area contributed by atoms with Crippen LogP contribution in [-0.4, -0.2) is 33.6 Å². The fourth-order valence-corrected chi connectivity index (χ4v) is 2.36. The molecule has 0 bridgehead atoms. The number of nitrogens with one attached hydrogen (secondary N) is 1. The third kappa shape index (κ3) is 4.58. The van der Waals surface area contributed by atoms with Crippen LogP contribution in [0.4, 0.5) is 5.69 Å². The number of phenols is 1. The predicted molar refractivity (Wildman–Crippen MR) is 74.1 cm³/mol. The first-order valence-corrected chi connectivity index (χ1v) is 6.93. The Labute approximate surface area is 117 Å². The van der Waals surface area contributed by atoms with Gasteiger partial charge in [-0.15, -0.1) is 11.8 Å². The van der Waals surface area contributed by atoms with Crippen LogP contribution in [0.2, 0.25) is 0 Å². The van der Waals surface area contributed by atoms with Gasteiger partial charge in [0.15, 0.2) is 5.75 Å². The largest absolute Gasteiger partial charge is 0.505 e. The Kier molecular flexibility index (Phi) is 5.49. The van der Waals surface area contributed by atoms with E-state index in [4.69, 9.17) is 5.11 Å². The van der Waals surface area contributed by atoms with Gasteiger partial charge < -0.3 is 15.5 Å². The molecule has 0 aliphatic carbocycles. The van der Waals surface area contributed by atoms with Crippen LogP contribution in [0.1, 0.15) is 5.56 Å². The summed E-state index contributed by atoms with van der Waals surface area (Å²) in [5.41, 5.74) is 1.19. The molecule has 7 heteroatoms. The molecule has 1 amide bonds. The molecule has 0 radical (unpaired) electrons. The molecule has 1 rings (SSSR count). The second-order valence-corrected chi connectivity index (χ2v) is 5.42. The van der Waals surface area contributed by atoms with E-state index in [9.17, 15) is 14.7 Å². The minimum Gasteiger partial charge on any atom is -0.505 e. The van der Waals surface area contributed by atoms with Gasteiger partial charge in [-0.1, -0.05) is 0 Å². The first-order valence-electron chi connectivity index (χ1n) is 4.98. The van der Waals surface area contributed by atoms with Gasteiger partial charge in [0.2, 0.25) is 5.91 Å². The van der Waals surface area contributed by atoms with Crippen LogP contribution in [0, 0.1) is 6.92 Å². The first-order chi connectivity index (χ1) is 8.40. The van der Waals surface area contributed by atoms with Gasteiger partial charge in [-0.2, -0.15) is 0 Å². The van der Waals surface area contributed by atoms with Crippen molar-refractivity contribution in [2.75, 3.05) is 16.8 Å². The minimum absolute atomic E-state index is 0.0251. The fourth-order valence-electron chi connectivity index (χ4n) is 1.25. The number of hydrogen-bond donors (Lipinski definition) is 3. The smallest absolute Gasteiger partial charge is 0.313 e. The van der Waals surface area contributed by atoms with Crippen molar-refractivity contribution in [1.82, 2.24) is 0 Å². The Morgan fingerprint density at radius 2 is 2.06 bits per heavy atom. The first kappa shape index (κ1) is 14.8. The van der Waals surface area contributed by atoms with Gasteiger partial charge in [0.05, 0.1) is 21.7 Å². The van der Waals surface area contributed by atoms with Gasteiger partial charge in [0.1, 0.15) is 0 Å². The molecule has 0 atom stereocenters. The van der Waals surface area contributed by atoms with E-state index >= 15 is 0 Å². The Hall–Kier alpha value is -1.21. The second kappa shape index (κ2) is 6.65. The molecule has 0 unspecified atom stereocenters. The minimum atomic E-state index is -0.964. The molecule has 98 valence electrons. The van der Waals surface area contributed by atoms with Gasteiger partial charge in [-0.3, -0.25) is 9.59 Å². The third-order valence-electron chi connectivity index (χ3n) is 1.94. The van der Waals surface area contributed by atoms with Crippen molar-refractivity contribution in [3.05, 3.63) is 22.2 Å². The number of carboxylic acid groups (broad SMARTS) is 1. The Bertz CT molecular complexity index is 478. The normalized spacial score (nSPS) is 10.1. The molecule has 0 aliphatic heterocycles. The number of aromatic hydroxyl groups is 1. The molecule has 0 saturated carbocycles. The lowest BCUT2D eigenvalue weighted by molar-refractivity contribution is -0.133. The zero-order valence-corrected chi connectivity index (χ0v) is 12.0. The number of thioether (sulfide) groups is 1. The van der Waals surface area contributed by atoms with Crippen molar-refractivity contribution in [2.24, 2.45) is 0 Å². The average molecular weight is 334 g/mol. The summed E-state index contributed by atoms with van der Waals surface area (Å²) in [6.45, 7) is 1.83. The third-order valence-corrected chi connectivity index (χ3v) is 3.46. The molecular weight excluding hydrogens is 322 g/mol. The van der Waals surface area contributed by atoms with Crippen LogP contribution in [-0.2, 0) is 9.59 Å². The number of rotatable bonds is 5. The molecule has 0 saturated heterocycles. The van der Waals surface area contributed by atoms with Crippen molar-refractivity contribution >= 4 is 45.3 Å². The molecule has 18 heavy (non-hydrogen) atoms. The summed E-state index contributed by atoms with van der Waals surface area (Å²) in [7, 11) is 0. The maximum atomic E-state index is 11.5. The zero-order chi connectivity index (χ0) is 13.7. The number of carboxylic acids is 1. The molecular formula is C11H12BrNO4S. The summed E-state index contributed by atoms with van der Waals surface area (Å²) in [5.74, 6) is -1.46. The molecule has 3 N–H and O–H groups in total. The van der Waals surface area contributed by atoms with Crippen LogP contribution >= 0.6 is 27.7 Å². The lowest BCUT2D eigenvalue weighted by Crippen LogP contribution is -2.15. The van der Waals surface area contributed by atoms with Crippen LogP contribution in [0.25, 0.3) is 0 Å². The highest BCUT2D eigenvalue weighted by Crippen LogP contribution is 2.33. The Morgan fingerprint density at radius 3 is 2.67 bits per heavy atom. The molecule has 0 aromatic heterocycles. The van der Waals surface area contributed by atoms with Gasteiger partial charge in [-0.05, 0) is 40.5 Å².